The number of aryl methyl sites for hydroxylation is 1. The van der Waals surface area contributed by atoms with Crippen molar-refractivity contribution in [3.05, 3.63) is 59.7 Å². The molecule has 2 aromatic rings. The molecule has 240 valence electrons. The van der Waals surface area contributed by atoms with E-state index in [9.17, 15) is 19.2 Å². The number of fused-ring (bicyclic) bond motifs is 1. The molecular formula is C34H48N4O6. The second-order valence-corrected chi connectivity index (χ2v) is 12.4. The number of para-hydroxylation sites is 2. The largest absolute Gasteiger partial charge is 0.491 e. The number of likely N-dealkylation sites (N-methyl/N-ethyl adjacent to an activating group) is 2. The molecule has 2 aromatic carbocycles. The third kappa shape index (κ3) is 9.72. The van der Waals surface area contributed by atoms with E-state index in [1.54, 1.807) is 43.3 Å². The lowest BCUT2D eigenvalue weighted by Gasteiger charge is -2.34. The van der Waals surface area contributed by atoms with E-state index in [1.807, 2.05) is 45.0 Å². The molecule has 1 aliphatic rings. The van der Waals surface area contributed by atoms with Crippen LogP contribution in [0.1, 0.15) is 62.9 Å². The number of amides is 4. The highest BCUT2D eigenvalue weighted by molar-refractivity contribution is 6.01. The lowest BCUT2D eigenvalue weighted by Crippen LogP contribution is -2.55. The smallest absolute Gasteiger partial charge is 0.255 e. The van der Waals surface area contributed by atoms with Crippen molar-refractivity contribution in [1.82, 2.24) is 20.4 Å². The van der Waals surface area contributed by atoms with Crippen LogP contribution < -0.4 is 20.1 Å². The lowest BCUT2D eigenvalue weighted by molar-refractivity contribution is -0.139. The van der Waals surface area contributed by atoms with Gasteiger partial charge in [0.25, 0.3) is 5.91 Å². The van der Waals surface area contributed by atoms with Crippen LogP contribution in [0.5, 0.6) is 11.5 Å². The van der Waals surface area contributed by atoms with Crippen LogP contribution in [0.4, 0.5) is 0 Å². The second-order valence-electron chi connectivity index (χ2n) is 12.4. The van der Waals surface area contributed by atoms with Gasteiger partial charge in [-0.25, -0.2) is 0 Å². The molecule has 10 heteroatoms. The van der Waals surface area contributed by atoms with Crippen molar-refractivity contribution in [3.8, 4) is 11.5 Å². The summed E-state index contributed by atoms with van der Waals surface area (Å²) in [5.74, 6) is -0.236. The Hall–Kier alpha value is -4.08. The molecule has 1 heterocycles. The summed E-state index contributed by atoms with van der Waals surface area (Å²) in [6.07, 6.45) is 0.765. The molecule has 0 saturated heterocycles. The zero-order valence-corrected chi connectivity index (χ0v) is 27.1. The summed E-state index contributed by atoms with van der Waals surface area (Å²) in [5.41, 5.74) is 1.22. The van der Waals surface area contributed by atoms with Crippen molar-refractivity contribution < 1.29 is 28.7 Å². The van der Waals surface area contributed by atoms with Gasteiger partial charge in [-0.3, -0.25) is 19.2 Å². The summed E-state index contributed by atoms with van der Waals surface area (Å²) in [5, 5.41) is 5.63. The maximum Gasteiger partial charge on any atom is 0.255 e. The van der Waals surface area contributed by atoms with E-state index < -0.39 is 29.8 Å². The van der Waals surface area contributed by atoms with Crippen LogP contribution in [0.15, 0.2) is 48.5 Å². The van der Waals surface area contributed by atoms with Gasteiger partial charge in [-0.05, 0) is 55.4 Å². The Kier molecular flexibility index (Phi) is 12.6. The summed E-state index contributed by atoms with van der Waals surface area (Å²) in [7, 11) is 3.33. The fourth-order valence-electron chi connectivity index (χ4n) is 5.23. The number of nitrogens with zero attached hydrogens (tertiary/aromatic N) is 2. The van der Waals surface area contributed by atoms with Crippen LogP contribution in [0.3, 0.4) is 0 Å². The molecular weight excluding hydrogens is 560 g/mol. The normalized spacial score (nSPS) is 19.9. The Morgan fingerprint density at radius 3 is 2.34 bits per heavy atom. The van der Waals surface area contributed by atoms with Crippen LogP contribution in [-0.4, -0.2) is 85.4 Å². The predicted octanol–water partition coefficient (Wildman–Crippen LogP) is 3.82. The van der Waals surface area contributed by atoms with Crippen LogP contribution in [0.25, 0.3) is 0 Å². The molecule has 0 fully saturated rings. The monoisotopic (exact) mass is 608 g/mol. The van der Waals surface area contributed by atoms with Gasteiger partial charge in [0.1, 0.15) is 36.8 Å². The fourth-order valence-corrected chi connectivity index (χ4v) is 5.23. The number of carbonyl (C=O) groups is 4. The standard InChI is InChI=1S/C34H48N4O6/c1-22(2)18-25-21-44-30-15-11-9-13-26(30)32(40)36-28(20-31(39)35-27(19-23(3)4)34(42)38(25)7)33(41)37(6)16-17-43-29-14-10-8-12-24(29)5/h8-15,22-23,25,27-28H,16-21H2,1-7H3,(H,35,39)(H,36,40)/t25-,27-,28-/m0/s1. The molecule has 0 unspecified atom stereocenters. The maximum atomic E-state index is 13.8. The predicted molar refractivity (Wildman–Crippen MR) is 170 cm³/mol. The first-order valence-corrected chi connectivity index (χ1v) is 15.4. The van der Waals surface area contributed by atoms with E-state index in [0.29, 0.717) is 18.6 Å². The molecule has 3 atom stereocenters. The van der Waals surface area contributed by atoms with Crippen molar-refractivity contribution in [2.75, 3.05) is 33.9 Å². The maximum absolute atomic E-state index is 13.8. The van der Waals surface area contributed by atoms with E-state index >= 15 is 0 Å². The van der Waals surface area contributed by atoms with Crippen LogP contribution in [0.2, 0.25) is 0 Å². The Bertz CT molecular complexity index is 1300. The molecule has 0 spiro atoms. The number of benzene rings is 2. The van der Waals surface area contributed by atoms with E-state index in [0.717, 1.165) is 11.3 Å². The second kappa shape index (κ2) is 16.1. The van der Waals surface area contributed by atoms with Gasteiger partial charge in [-0.15, -0.1) is 0 Å². The van der Waals surface area contributed by atoms with Gasteiger partial charge < -0.3 is 29.9 Å². The summed E-state index contributed by atoms with van der Waals surface area (Å²) in [6.45, 7) is 10.7. The zero-order valence-electron chi connectivity index (χ0n) is 27.1. The first kappa shape index (κ1) is 34.4. The van der Waals surface area contributed by atoms with Gasteiger partial charge in [0.2, 0.25) is 17.7 Å². The Balaban J connectivity index is 1.89. The highest BCUT2D eigenvalue weighted by Gasteiger charge is 2.33. The van der Waals surface area contributed by atoms with Crippen molar-refractivity contribution in [1.29, 1.82) is 0 Å². The molecule has 3 rings (SSSR count). The summed E-state index contributed by atoms with van der Waals surface area (Å²) in [6, 6.07) is 12.1. The van der Waals surface area contributed by atoms with Crippen molar-refractivity contribution >= 4 is 23.6 Å². The topological polar surface area (TPSA) is 117 Å². The molecule has 44 heavy (non-hydrogen) atoms. The minimum absolute atomic E-state index is 0.125. The molecule has 0 aliphatic carbocycles. The summed E-state index contributed by atoms with van der Waals surface area (Å²) >= 11 is 0. The summed E-state index contributed by atoms with van der Waals surface area (Å²) in [4.78, 5) is 57.5. The first-order valence-electron chi connectivity index (χ1n) is 15.4. The SMILES string of the molecule is Cc1ccccc1OCCN(C)C(=O)[C@@H]1CC(=O)N[C@@H](CC(C)C)C(=O)N(C)[C@@H](CC(C)C)COc2ccccc2C(=O)N1. The van der Waals surface area contributed by atoms with E-state index in [4.69, 9.17) is 9.47 Å². The molecule has 0 bridgehead atoms. The average Bonchev–Trinajstić information content (AvgIpc) is 2.97. The van der Waals surface area contributed by atoms with E-state index in [1.165, 1.54) is 4.90 Å². The number of carbonyl (C=O) groups excluding carboxylic acids is 4. The molecule has 4 amide bonds. The number of rotatable bonds is 9. The van der Waals surface area contributed by atoms with E-state index in [2.05, 4.69) is 24.5 Å². The molecule has 0 aromatic heterocycles. The van der Waals surface area contributed by atoms with Crippen LogP contribution in [0, 0.1) is 18.8 Å². The third-order valence-electron chi connectivity index (χ3n) is 7.69. The third-order valence-corrected chi connectivity index (χ3v) is 7.69. The number of ether oxygens (including phenoxy) is 2. The zero-order chi connectivity index (χ0) is 32.4. The first-order chi connectivity index (χ1) is 20.9. The quantitative estimate of drug-likeness (QED) is 0.447. The van der Waals surface area contributed by atoms with E-state index in [-0.39, 0.29) is 55.5 Å². The van der Waals surface area contributed by atoms with Crippen molar-refractivity contribution in [2.45, 2.75) is 72.0 Å². The highest BCUT2D eigenvalue weighted by Crippen LogP contribution is 2.22. The minimum atomic E-state index is -1.18. The number of hydrogen-bond donors (Lipinski definition) is 2. The Morgan fingerprint density at radius 2 is 1.66 bits per heavy atom. The van der Waals surface area contributed by atoms with Crippen LogP contribution >= 0.6 is 0 Å². The van der Waals surface area contributed by atoms with Gasteiger partial charge in [0.05, 0.1) is 24.6 Å². The Morgan fingerprint density at radius 1 is 1.00 bits per heavy atom. The molecule has 0 radical (unpaired) electrons. The average molecular weight is 609 g/mol. The van der Waals surface area contributed by atoms with Gasteiger partial charge in [-0.1, -0.05) is 58.0 Å². The van der Waals surface area contributed by atoms with Crippen LogP contribution in [-0.2, 0) is 14.4 Å². The molecule has 1 aliphatic heterocycles. The van der Waals surface area contributed by atoms with Gasteiger partial charge in [0.15, 0.2) is 0 Å². The summed E-state index contributed by atoms with van der Waals surface area (Å²) < 4.78 is 12.0. The molecule has 10 nitrogen and oxygen atoms in total. The molecule has 2 N–H and O–H groups in total. The van der Waals surface area contributed by atoms with Gasteiger partial charge >= 0.3 is 0 Å². The van der Waals surface area contributed by atoms with Crippen molar-refractivity contribution in [3.63, 3.8) is 0 Å². The number of nitrogens with one attached hydrogen (secondary N) is 2. The highest BCUT2D eigenvalue weighted by atomic mass is 16.5. The Labute approximate surface area is 261 Å². The lowest BCUT2D eigenvalue weighted by atomic mass is 9.99. The van der Waals surface area contributed by atoms with Crippen molar-refractivity contribution in [2.24, 2.45) is 11.8 Å². The van der Waals surface area contributed by atoms with Gasteiger partial charge in [0, 0.05) is 14.1 Å². The molecule has 0 saturated carbocycles. The van der Waals surface area contributed by atoms with Gasteiger partial charge in [-0.2, -0.15) is 0 Å². The number of hydrogen-bond acceptors (Lipinski definition) is 6. The fraction of sp³-hybridized carbons (Fsp3) is 0.529. The minimum Gasteiger partial charge on any atom is -0.491 e.